The van der Waals surface area contributed by atoms with Crippen LogP contribution in [0.2, 0.25) is 0 Å². The van der Waals surface area contributed by atoms with Crippen LogP contribution in [0, 0.1) is 0 Å². The normalized spacial score (nSPS) is 14.6. The van der Waals surface area contributed by atoms with E-state index in [2.05, 4.69) is 0 Å². The number of benzene rings is 1. The first-order valence-electron chi connectivity index (χ1n) is 3.66. The van der Waals surface area contributed by atoms with Crippen LogP contribution < -0.4 is 5.73 Å². The molecule has 0 bridgehead atoms. The fourth-order valence-electron chi connectivity index (χ4n) is 0.940. The second kappa shape index (κ2) is 5.41. The summed E-state index contributed by atoms with van der Waals surface area (Å²) in [6.07, 6.45) is 0. The minimum Gasteiger partial charge on any atom is -0.326 e. The minimum absolute atomic E-state index is 0. The molecule has 2 atom stereocenters. The topological polar surface area (TPSA) is 26.0 Å². The molecular formula is C9H13Cl2N. The lowest BCUT2D eigenvalue weighted by Gasteiger charge is -2.12. The average Bonchev–Trinajstić information content (AvgIpc) is 2.05. The van der Waals surface area contributed by atoms with Crippen LogP contribution >= 0.6 is 24.0 Å². The molecule has 0 unspecified atom stereocenters. The molecule has 1 aromatic rings. The maximum Gasteiger partial charge on any atom is 0.0733 e. The molecule has 0 saturated carbocycles. The number of rotatable bonds is 2. The zero-order chi connectivity index (χ0) is 8.27. The van der Waals surface area contributed by atoms with Crippen molar-refractivity contribution in [3.63, 3.8) is 0 Å². The first-order chi connectivity index (χ1) is 5.22. The first kappa shape index (κ1) is 11.8. The van der Waals surface area contributed by atoms with Crippen LogP contribution in [0.25, 0.3) is 0 Å². The Hall–Kier alpha value is -0.240. The zero-order valence-electron chi connectivity index (χ0n) is 6.91. The molecule has 1 rings (SSSR count). The lowest BCUT2D eigenvalue weighted by Crippen LogP contribution is -2.20. The molecule has 1 nitrogen and oxygen atoms in total. The Morgan fingerprint density at radius 1 is 1.25 bits per heavy atom. The molecule has 0 aromatic heterocycles. The smallest absolute Gasteiger partial charge is 0.0733 e. The van der Waals surface area contributed by atoms with E-state index in [9.17, 15) is 0 Å². The largest absolute Gasteiger partial charge is 0.326 e. The molecule has 0 amide bonds. The molecule has 0 saturated heterocycles. The fraction of sp³-hybridized carbons (Fsp3) is 0.333. The van der Waals surface area contributed by atoms with Crippen molar-refractivity contribution in [3.05, 3.63) is 35.9 Å². The molecule has 0 radical (unpaired) electrons. The van der Waals surface area contributed by atoms with Crippen LogP contribution in [-0.2, 0) is 0 Å². The molecule has 0 fully saturated rings. The summed E-state index contributed by atoms with van der Waals surface area (Å²) in [5, 5.41) is -0.0730. The number of hydrogen-bond acceptors (Lipinski definition) is 1. The van der Waals surface area contributed by atoms with Crippen LogP contribution in [0.5, 0.6) is 0 Å². The van der Waals surface area contributed by atoms with Gasteiger partial charge in [-0.3, -0.25) is 0 Å². The maximum atomic E-state index is 6.02. The third-order valence-electron chi connectivity index (χ3n) is 1.58. The molecular weight excluding hydrogens is 193 g/mol. The quantitative estimate of drug-likeness (QED) is 0.739. The predicted molar refractivity (Wildman–Crippen MR) is 55.9 cm³/mol. The summed E-state index contributed by atoms with van der Waals surface area (Å²) in [5.74, 6) is 0. The van der Waals surface area contributed by atoms with Gasteiger partial charge in [-0.1, -0.05) is 30.3 Å². The number of alkyl halides is 1. The zero-order valence-corrected chi connectivity index (χ0v) is 8.48. The second-order valence-electron chi connectivity index (χ2n) is 2.67. The third-order valence-corrected chi connectivity index (χ3v) is 2.23. The third kappa shape index (κ3) is 3.02. The number of halogens is 2. The van der Waals surface area contributed by atoms with Crippen LogP contribution in [0.1, 0.15) is 17.9 Å². The highest BCUT2D eigenvalue weighted by molar-refractivity contribution is 6.21. The van der Waals surface area contributed by atoms with E-state index in [0.717, 1.165) is 5.56 Å². The van der Waals surface area contributed by atoms with E-state index in [4.69, 9.17) is 17.3 Å². The van der Waals surface area contributed by atoms with Gasteiger partial charge in [-0.25, -0.2) is 0 Å². The molecule has 2 N–H and O–H groups in total. The monoisotopic (exact) mass is 205 g/mol. The van der Waals surface area contributed by atoms with Gasteiger partial charge in [0.25, 0.3) is 0 Å². The van der Waals surface area contributed by atoms with Gasteiger partial charge in [0.15, 0.2) is 0 Å². The van der Waals surface area contributed by atoms with Gasteiger partial charge in [0.05, 0.1) is 5.38 Å². The minimum atomic E-state index is -0.0730. The van der Waals surface area contributed by atoms with E-state index in [0.29, 0.717) is 0 Å². The van der Waals surface area contributed by atoms with E-state index in [-0.39, 0.29) is 23.8 Å². The standard InChI is InChI=1S/C9H12ClN.ClH/c1-7(11)9(10)8-5-3-2-4-6-8;/h2-7,9H,11H2,1H3;1H/t7-,9+;/m0./s1. The molecule has 0 aliphatic rings. The lowest BCUT2D eigenvalue weighted by molar-refractivity contribution is 0.713. The highest BCUT2D eigenvalue weighted by Gasteiger charge is 2.10. The Balaban J connectivity index is 0.00000121. The van der Waals surface area contributed by atoms with Gasteiger partial charge >= 0.3 is 0 Å². The Bertz CT molecular complexity index is 211. The summed E-state index contributed by atoms with van der Waals surface area (Å²) in [6.45, 7) is 1.91. The highest BCUT2D eigenvalue weighted by Crippen LogP contribution is 2.21. The summed E-state index contributed by atoms with van der Waals surface area (Å²) >= 11 is 6.02. The van der Waals surface area contributed by atoms with E-state index in [1.165, 1.54) is 0 Å². The van der Waals surface area contributed by atoms with E-state index in [1.807, 2.05) is 37.3 Å². The van der Waals surface area contributed by atoms with Crippen LogP contribution in [0.15, 0.2) is 30.3 Å². The van der Waals surface area contributed by atoms with Crippen LogP contribution in [0.4, 0.5) is 0 Å². The maximum absolute atomic E-state index is 6.02. The summed E-state index contributed by atoms with van der Waals surface area (Å²) < 4.78 is 0. The van der Waals surface area contributed by atoms with E-state index in [1.54, 1.807) is 0 Å². The van der Waals surface area contributed by atoms with Crippen molar-refractivity contribution in [1.82, 2.24) is 0 Å². The molecule has 3 heteroatoms. The molecule has 0 heterocycles. The molecule has 1 aromatic carbocycles. The van der Waals surface area contributed by atoms with Gasteiger partial charge < -0.3 is 5.73 Å². The molecule has 68 valence electrons. The summed E-state index contributed by atoms with van der Waals surface area (Å²) in [4.78, 5) is 0. The van der Waals surface area contributed by atoms with Crippen molar-refractivity contribution in [1.29, 1.82) is 0 Å². The van der Waals surface area contributed by atoms with Crippen molar-refractivity contribution in [3.8, 4) is 0 Å². The van der Waals surface area contributed by atoms with Gasteiger partial charge in [0, 0.05) is 6.04 Å². The van der Waals surface area contributed by atoms with Crippen molar-refractivity contribution < 1.29 is 0 Å². The van der Waals surface area contributed by atoms with Gasteiger partial charge in [0.2, 0.25) is 0 Å². The first-order valence-corrected chi connectivity index (χ1v) is 4.10. The van der Waals surface area contributed by atoms with Gasteiger partial charge in [-0.2, -0.15) is 0 Å². The molecule has 0 aliphatic heterocycles. The summed E-state index contributed by atoms with van der Waals surface area (Å²) in [7, 11) is 0. The predicted octanol–water partition coefficient (Wildman–Crippen LogP) is 2.74. The fourth-order valence-corrected chi connectivity index (χ4v) is 1.09. The molecule has 0 spiro atoms. The lowest BCUT2D eigenvalue weighted by atomic mass is 10.1. The van der Waals surface area contributed by atoms with Gasteiger partial charge in [0.1, 0.15) is 0 Å². The van der Waals surface area contributed by atoms with Crippen molar-refractivity contribution in [2.75, 3.05) is 0 Å². The van der Waals surface area contributed by atoms with Crippen molar-refractivity contribution in [2.45, 2.75) is 18.3 Å². The Morgan fingerprint density at radius 2 is 1.75 bits per heavy atom. The molecule has 0 aliphatic carbocycles. The Kier molecular flexibility index (Phi) is 5.31. The Labute approximate surface area is 84.3 Å². The van der Waals surface area contributed by atoms with Crippen LogP contribution in [0.3, 0.4) is 0 Å². The highest BCUT2D eigenvalue weighted by atomic mass is 35.5. The SMILES string of the molecule is C[C@H](N)[C@@H](Cl)c1ccccc1.Cl. The van der Waals surface area contributed by atoms with E-state index < -0.39 is 0 Å². The summed E-state index contributed by atoms with van der Waals surface area (Å²) in [5.41, 5.74) is 6.72. The summed E-state index contributed by atoms with van der Waals surface area (Å²) in [6, 6.07) is 9.87. The van der Waals surface area contributed by atoms with Crippen LogP contribution in [-0.4, -0.2) is 6.04 Å². The van der Waals surface area contributed by atoms with E-state index >= 15 is 0 Å². The van der Waals surface area contributed by atoms with Gasteiger partial charge in [-0.05, 0) is 12.5 Å². The van der Waals surface area contributed by atoms with Gasteiger partial charge in [-0.15, -0.1) is 24.0 Å². The Morgan fingerprint density at radius 3 is 2.17 bits per heavy atom. The number of nitrogens with two attached hydrogens (primary N) is 1. The second-order valence-corrected chi connectivity index (χ2v) is 3.14. The number of hydrogen-bond donors (Lipinski definition) is 1. The molecule has 12 heavy (non-hydrogen) atoms. The van der Waals surface area contributed by atoms with Crippen molar-refractivity contribution in [2.24, 2.45) is 5.73 Å². The average molecular weight is 206 g/mol. The van der Waals surface area contributed by atoms with Crippen molar-refractivity contribution >= 4 is 24.0 Å².